The first kappa shape index (κ1) is 42.0. The molecule has 2 aliphatic heterocycles. The van der Waals surface area contributed by atoms with Crippen LogP contribution in [-0.4, -0.2) is 120 Å². The molecule has 16 nitrogen and oxygen atoms in total. The Bertz CT molecular complexity index is 2410. The number of ether oxygens (including phenoxy) is 4. The fraction of sp³-hybridized carbons (Fsp3) is 0.366. The number of piperidine rings is 1. The van der Waals surface area contributed by atoms with Crippen molar-refractivity contribution >= 4 is 51.4 Å². The molecule has 3 aromatic carbocycles. The van der Waals surface area contributed by atoms with Crippen LogP contribution in [0.3, 0.4) is 0 Å². The first-order chi connectivity index (χ1) is 28.9. The summed E-state index contributed by atoms with van der Waals surface area (Å²) in [5.41, 5.74) is 3.42. The summed E-state index contributed by atoms with van der Waals surface area (Å²) in [7, 11) is 1.69. The molecule has 1 unspecified atom stereocenters. The summed E-state index contributed by atoms with van der Waals surface area (Å²) in [5, 5.41) is 17.5. The topological polar surface area (TPSA) is 180 Å². The predicted molar refractivity (Wildman–Crippen MR) is 212 cm³/mol. The van der Waals surface area contributed by atoms with Crippen LogP contribution in [0.2, 0.25) is 0 Å². The monoisotopic (exact) mass is 832 g/mol. The smallest absolute Gasteiger partial charge is 0.382 e. The number of imide groups is 1. The van der Waals surface area contributed by atoms with Crippen LogP contribution >= 0.6 is 0 Å². The average molecular weight is 833 g/mol. The van der Waals surface area contributed by atoms with E-state index in [9.17, 15) is 32.3 Å². The van der Waals surface area contributed by atoms with Gasteiger partial charge in [0.25, 0.3) is 17.7 Å². The van der Waals surface area contributed by atoms with Gasteiger partial charge in [-0.05, 0) is 67.4 Å². The molecule has 1 fully saturated rings. The first-order valence-electron chi connectivity index (χ1n) is 19.3. The summed E-state index contributed by atoms with van der Waals surface area (Å²) in [6.45, 7) is 7.00. The molecule has 0 radical (unpaired) electrons. The third kappa shape index (κ3) is 9.03. The molecule has 4 heterocycles. The van der Waals surface area contributed by atoms with Crippen LogP contribution in [0.1, 0.15) is 49.5 Å². The minimum Gasteiger partial charge on any atom is -0.382 e. The lowest BCUT2D eigenvalue weighted by Gasteiger charge is -2.29. The number of carbonyl (C=O) groups is 4. The van der Waals surface area contributed by atoms with E-state index in [0.717, 1.165) is 17.0 Å². The Balaban J connectivity index is 0.742. The van der Waals surface area contributed by atoms with Crippen molar-refractivity contribution < 1.29 is 51.3 Å². The number of nitrogens with zero attached hydrogens (tertiary/aromatic N) is 5. The van der Waals surface area contributed by atoms with E-state index in [1.807, 2.05) is 0 Å². The minimum absolute atomic E-state index is 0.244. The number of rotatable bonds is 19. The molecule has 0 bridgehead atoms. The van der Waals surface area contributed by atoms with E-state index in [1.54, 1.807) is 48.0 Å². The summed E-state index contributed by atoms with van der Waals surface area (Å²) in [6, 6.07) is 14.0. The number of anilines is 1. The van der Waals surface area contributed by atoms with E-state index in [2.05, 4.69) is 32.8 Å². The fourth-order valence-corrected chi connectivity index (χ4v) is 7.11. The molecule has 0 saturated carbocycles. The molecule has 2 aliphatic rings. The second kappa shape index (κ2) is 18.4. The van der Waals surface area contributed by atoms with E-state index >= 15 is 0 Å². The van der Waals surface area contributed by atoms with Gasteiger partial charge < -0.3 is 34.9 Å². The number of aryl methyl sites for hydroxylation is 1. The zero-order chi connectivity index (χ0) is 42.4. The second-order valence-electron chi connectivity index (χ2n) is 14.0. The maximum Gasteiger partial charge on any atom is 0.416 e. The molecular formula is C41H43F3N8O8. The van der Waals surface area contributed by atoms with E-state index in [4.69, 9.17) is 18.9 Å². The molecule has 1 atom stereocenters. The van der Waals surface area contributed by atoms with Gasteiger partial charge >= 0.3 is 6.18 Å². The predicted octanol–water partition coefficient (Wildman–Crippen LogP) is 4.23. The maximum atomic E-state index is 13.3. The van der Waals surface area contributed by atoms with Crippen molar-refractivity contribution in [1.29, 1.82) is 0 Å². The van der Waals surface area contributed by atoms with Gasteiger partial charge in [0.15, 0.2) is 5.65 Å². The number of hydrogen-bond donors (Lipinski definition) is 3. The normalized spacial score (nSPS) is 15.6. The number of benzene rings is 3. The Morgan fingerprint density at radius 2 is 1.55 bits per heavy atom. The molecule has 7 rings (SSSR count). The quantitative estimate of drug-likeness (QED) is 0.0801. The van der Waals surface area contributed by atoms with Gasteiger partial charge in [-0.15, -0.1) is 5.10 Å². The van der Waals surface area contributed by atoms with Crippen molar-refractivity contribution in [3.8, 4) is 5.69 Å². The van der Waals surface area contributed by atoms with Crippen molar-refractivity contribution in [2.24, 2.45) is 7.05 Å². The Kier molecular flexibility index (Phi) is 12.9. The molecule has 1 saturated heterocycles. The van der Waals surface area contributed by atoms with Gasteiger partial charge in [0, 0.05) is 48.2 Å². The molecule has 4 amide bonds. The summed E-state index contributed by atoms with van der Waals surface area (Å²) in [5.74, 6) is -1.74. The van der Waals surface area contributed by atoms with E-state index in [0.29, 0.717) is 110 Å². The Morgan fingerprint density at radius 3 is 2.22 bits per heavy atom. The number of halogens is 3. The third-order valence-corrected chi connectivity index (χ3v) is 10.0. The molecule has 316 valence electrons. The van der Waals surface area contributed by atoms with Crippen molar-refractivity contribution in [2.45, 2.75) is 25.1 Å². The van der Waals surface area contributed by atoms with E-state index < -0.39 is 35.5 Å². The molecule has 60 heavy (non-hydrogen) atoms. The minimum atomic E-state index is -4.46. The van der Waals surface area contributed by atoms with Gasteiger partial charge in [0.05, 0.1) is 75.1 Å². The summed E-state index contributed by atoms with van der Waals surface area (Å²) >= 11 is 0. The van der Waals surface area contributed by atoms with Crippen molar-refractivity contribution in [1.82, 2.24) is 35.1 Å². The van der Waals surface area contributed by atoms with Crippen LogP contribution in [0, 0.1) is 0 Å². The van der Waals surface area contributed by atoms with Gasteiger partial charge in [-0.1, -0.05) is 17.9 Å². The molecule has 3 N–H and O–H groups in total. The van der Waals surface area contributed by atoms with Crippen molar-refractivity contribution in [3.05, 3.63) is 95.2 Å². The lowest BCUT2D eigenvalue weighted by molar-refractivity contribution is -0.137. The third-order valence-electron chi connectivity index (χ3n) is 10.0. The van der Waals surface area contributed by atoms with Crippen LogP contribution in [0.15, 0.2) is 72.9 Å². The lowest BCUT2D eigenvalue weighted by Crippen LogP contribution is -2.51. The van der Waals surface area contributed by atoms with Crippen LogP contribution in [-0.2, 0) is 37.0 Å². The molecule has 2 aromatic heterocycles. The van der Waals surface area contributed by atoms with Gasteiger partial charge in [-0.2, -0.15) is 13.2 Å². The van der Waals surface area contributed by atoms with Gasteiger partial charge in [0.1, 0.15) is 11.6 Å². The van der Waals surface area contributed by atoms with E-state index in [1.165, 1.54) is 16.8 Å². The second-order valence-corrected chi connectivity index (χ2v) is 14.0. The number of fused-ring (bicyclic) bond motifs is 4. The number of hydrogen-bond acceptors (Lipinski definition) is 11. The number of amides is 4. The van der Waals surface area contributed by atoms with Crippen LogP contribution in [0.25, 0.3) is 27.8 Å². The largest absolute Gasteiger partial charge is 0.416 e. The highest BCUT2D eigenvalue weighted by molar-refractivity contribution is 6.25. The van der Waals surface area contributed by atoms with Gasteiger partial charge in [-0.3, -0.25) is 28.6 Å². The van der Waals surface area contributed by atoms with Crippen LogP contribution < -0.4 is 16.0 Å². The zero-order valence-corrected chi connectivity index (χ0v) is 32.7. The molecule has 0 spiro atoms. The number of nitrogens with one attached hydrogen (secondary N) is 3. The standard InChI is InChI=1S/C41H43F3N8O8/c1-25-6-12-33(37(54)47-25)52-39(55)29-4-3-5-31(34(29)40(52)56)45-14-16-57-18-20-59-22-23-60-21-19-58-17-15-46-36(53)26-7-13-32-30(24-26)35-38(50(2)49-48-35)51(32)28-10-8-27(9-11-28)41(42,43)44/h3-5,7-11,13,24,33,45H,1,6,12,14-23H2,2H3,(H,46,53)(H,47,54). The average Bonchev–Trinajstić information content (AvgIpc) is 3.85. The van der Waals surface area contributed by atoms with E-state index in [-0.39, 0.29) is 30.2 Å². The number of aromatic nitrogens is 4. The van der Waals surface area contributed by atoms with Gasteiger partial charge in [0.2, 0.25) is 5.91 Å². The van der Waals surface area contributed by atoms with Crippen LogP contribution in [0.5, 0.6) is 0 Å². The molecular weight excluding hydrogens is 789 g/mol. The number of carbonyl (C=O) groups excluding carboxylic acids is 4. The SMILES string of the molecule is C=C1CCC(N2C(=O)c3cccc(NCCOCCOCCOCCOCCNC(=O)c4ccc5c(c4)c4nnn(C)c4n5-c4ccc(C(F)(F)F)cc4)c3C2=O)C(=O)N1. The fourth-order valence-electron chi connectivity index (χ4n) is 7.11. The van der Waals surface area contributed by atoms with Crippen LogP contribution in [0.4, 0.5) is 18.9 Å². The summed E-state index contributed by atoms with van der Waals surface area (Å²) in [4.78, 5) is 52.8. The van der Waals surface area contributed by atoms with Crippen molar-refractivity contribution in [2.75, 3.05) is 71.3 Å². The molecule has 5 aromatic rings. The number of allylic oxidation sites excluding steroid dienone is 1. The highest BCUT2D eigenvalue weighted by atomic mass is 19.4. The highest BCUT2D eigenvalue weighted by Gasteiger charge is 2.45. The first-order valence-corrected chi connectivity index (χ1v) is 19.3. The molecule has 0 aliphatic carbocycles. The maximum absolute atomic E-state index is 13.3. The van der Waals surface area contributed by atoms with Crippen molar-refractivity contribution in [3.63, 3.8) is 0 Å². The summed E-state index contributed by atoms with van der Waals surface area (Å²) < 4.78 is 65.0. The van der Waals surface area contributed by atoms with Gasteiger partial charge in [-0.25, -0.2) is 4.68 Å². The Hall–Kier alpha value is -6.15. The zero-order valence-electron chi connectivity index (χ0n) is 32.7. The number of alkyl halides is 3. The lowest BCUT2D eigenvalue weighted by atomic mass is 10.0. The molecule has 19 heteroatoms. The Morgan fingerprint density at radius 1 is 0.883 bits per heavy atom. The summed E-state index contributed by atoms with van der Waals surface area (Å²) in [6.07, 6.45) is -3.64. The Labute approximate surface area is 341 Å². The highest BCUT2D eigenvalue weighted by Crippen LogP contribution is 2.35.